The van der Waals surface area contributed by atoms with Gasteiger partial charge in [0.15, 0.2) is 0 Å². The minimum atomic E-state index is 1.20. The Bertz CT molecular complexity index is 252. The van der Waals surface area contributed by atoms with Gasteiger partial charge in [-0.15, -0.1) is 0 Å². The van der Waals surface area contributed by atoms with Crippen LogP contribution >= 0.6 is 0 Å². The van der Waals surface area contributed by atoms with Gasteiger partial charge in [0.05, 0.1) is 0 Å². The van der Waals surface area contributed by atoms with E-state index in [1.165, 1.54) is 75.3 Å². The van der Waals surface area contributed by atoms with Crippen molar-refractivity contribution in [3.05, 3.63) is 35.4 Å². The molecular formula is C18H29. The largest absolute Gasteiger partial charge is 0.0654 e. The van der Waals surface area contributed by atoms with Crippen LogP contribution in [0.5, 0.6) is 0 Å². The highest BCUT2D eigenvalue weighted by Crippen LogP contribution is 2.11. The first-order valence-corrected chi connectivity index (χ1v) is 7.86. The summed E-state index contributed by atoms with van der Waals surface area (Å²) in [7, 11) is 0. The summed E-state index contributed by atoms with van der Waals surface area (Å²) in [5.74, 6) is 0. The van der Waals surface area contributed by atoms with Crippen LogP contribution in [0.3, 0.4) is 0 Å². The first-order chi connectivity index (χ1) is 8.86. The molecule has 0 N–H and O–H groups in total. The first kappa shape index (κ1) is 15.3. The molecule has 0 heterocycles. The first-order valence-electron chi connectivity index (χ1n) is 7.86. The molecule has 0 spiro atoms. The van der Waals surface area contributed by atoms with E-state index in [0.717, 1.165) is 0 Å². The van der Waals surface area contributed by atoms with Crippen molar-refractivity contribution in [2.24, 2.45) is 0 Å². The van der Waals surface area contributed by atoms with Gasteiger partial charge in [0.2, 0.25) is 0 Å². The van der Waals surface area contributed by atoms with Crippen molar-refractivity contribution in [3.8, 4) is 0 Å². The molecule has 0 aliphatic carbocycles. The fourth-order valence-corrected chi connectivity index (χ4v) is 2.30. The molecule has 0 aliphatic rings. The van der Waals surface area contributed by atoms with Crippen LogP contribution in [-0.4, -0.2) is 0 Å². The molecule has 0 heteroatoms. The van der Waals surface area contributed by atoms with Gasteiger partial charge in [-0.3, -0.25) is 0 Å². The number of unbranched alkanes of at least 4 members (excludes halogenated alkanes) is 6. The molecule has 1 aromatic carbocycles. The van der Waals surface area contributed by atoms with Crippen molar-refractivity contribution in [1.29, 1.82) is 0 Å². The predicted molar refractivity (Wildman–Crippen MR) is 81.0 cm³/mol. The van der Waals surface area contributed by atoms with E-state index in [1.54, 1.807) is 0 Å². The SMILES string of the molecule is CCCCCCc1[c]cc(CCCCCC)cc1. The van der Waals surface area contributed by atoms with E-state index in [9.17, 15) is 0 Å². The zero-order chi connectivity index (χ0) is 13.1. The Morgan fingerprint density at radius 1 is 0.778 bits per heavy atom. The van der Waals surface area contributed by atoms with Crippen molar-refractivity contribution in [3.63, 3.8) is 0 Å². The summed E-state index contributed by atoms with van der Waals surface area (Å²) in [5, 5.41) is 0. The summed E-state index contributed by atoms with van der Waals surface area (Å²) in [6.45, 7) is 4.53. The zero-order valence-electron chi connectivity index (χ0n) is 12.3. The minimum Gasteiger partial charge on any atom is -0.0654 e. The van der Waals surface area contributed by atoms with Gasteiger partial charge in [-0.25, -0.2) is 0 Å². The molecule has 1 radical (unpaired) electrons. The lowest BCUT2D eigenvalue weighted by molar-refractivity contribution is 0.663. The highest BCUT2D eigenvalue weighted by molar-refractivity contribution is 5.21. The molecule has 0 aliphatic heterocycles. The van der Waals surface area contributed by atoms with E-state index < -0.39 is 0 Å². The zero-order valence-corrected chi connectivity index (χ0v) is 12.3. The smallest absolute Gasteiger partial charge is 0.0146 e. The lowest BCUT2D eigenvalue weighted by Crippen LogP contribution is -1.90. The number of hydrogen-bond donors (Lipinski definition) is 0. The lowest BCUT2D eigenvalue weighted by atomic mass is 10.0. The van der Waals surface area contributed by atoms with Crippen LogP contribution in [0.15, 0.2) is 18.2 Å². The maximum absolute atomic E-state index is 3.45. The fraction of sp³-hybridized carbons (Fsp3) is 0.667. The van der Waals surface area contributed by atoms with E-state index in [0.29, 0.717) is 0 Å². The summed E-state index contributed by atoms with van der Waals surface area (Å²) in [6, 6.07) is 10.2. The van der Waals surface area contributed by atoms with Crippen LogP contribution in [0.1, 0.15) is 76.3 Å². The van der Waals surface area contributed by atoms with Crippen molar-refractivity contribution in [2.75, 3.05) is 0 Å². The van der Waals surface area contributed by atoms with Gasteiger partial charge in [0, 0.05) is 0 Å². The second-order valence-electron chi connectivity index (χ2n) is 5.34. The summed E-state index contributed by atoms with van der Waals surface area (Å²) < 4.78 is 0. The predicted octanol–water partition coefficient (Wildman–Crippen LogP) is 5.73. The summed E-state index contributed by atoms with van der Waals surface area (Å²) in [4.78, 5) is 0. The maximum Gasteiger partial charge on any atom is -0.0146 e. The van der Waals surface area contributed by atoms with E-state index in [4.69, 9.17) is 0 Å². The number of aryl methyl sites for hydroxylation is 2. The highest BCUT2D eigenvalue weighted by Gasteiger charge is 1.96. The van der Waals surface area contributed by atoms with Gasteiger partial charge in [-0.1, -0.05) is 70.6 Å². The second kappa shape index (κ2) is 10.2. The van der Waals surface area contributed by atoms with Gasteiger partial charge in [0.1, 0.15) is 0 Å². The van der Waals surface area contributed by atoms with Gasteiger partial charge in [-0.05, 0) is 42.9 Å². The lowest BCUT2D eigenvalue weighted by Gasteiger charge is -2.04. The van der Waals surface area contributed by atoms with E-state index in [2.05, 4.69) is 38.1 Å². The molecule has 0 saturated carbocycles. The summed E-state index contributed by atoms with van der Waals surface area (Å²) in [5.41, 5.74) is 2.85. The molecule has 0 fully saturated rings. The topological polar surface area (TPSA) is 0 Å². The Balaban J connectivity index is 2.20. The number of rotatable bonds is 10. The molecule has 0 nitrogen and oxygen atoms in total. The molecule has 0 bridgehead atoms. The van der Waals surface area contributed by atoms with Crippen molar-refractivity contribution >= 4 is 0 Å². The van der Waals surface area contributed by atoms with Crippen molar-refractivity contribution in [1.82, 2.24) is 0 Å². The van der Waals surface area contributed by atoms with Gasteiger partial charge < -0.3 is 0 Å². The van der Waals surface area contributed by atoms with E-state index in [-0.39, 0.29) is 0 Å². The number of hydrogen-bond acceptors (Lipinski definition) is 0. The molecule has 101 valence electrons. The van der Waals surface area contributed by atoms with Crippen LogP contribution in [0.2, 0.25) is 0 Å². The normalized spacial score (nSPS) is 10.8. The molecule has 0 unspecified atom stereocenters. The van der Waals surface area contributed by atoms with Crippen molar-refractivity contribution in [2.45, 2.75) is 78.1 Å². The third-order valence-electron chi connectivity index (χ3n) is 3.56. The molecule has 0 aromatic heterocycles. The Labute approximate surface area is 114 Å². The van der Waals surface area contributed by atoms with Gasteiger partial charge in [-0.2, -0.15) is 0 Å². The quantitative estimate of drug-likeness (QED) is 0.462. The van der Waals surface area contributed by atoms with Crippen LogP contribution < -0.4 is 0 Å². The Morgan fingerprint density at radius 2 is 1.44 bits per heavy atom. The highest BCUT2D eigenvalue weighted by atomic mass is 14.0. The molecule has 18 heavy (non-hydrogen) atoms. The minimum absolute atomic E-state index is 1.20. The summed E-state index contributed by atoms with van der Waals surface area (Å²) in [6.07, 6.45) is 13.2. The standard InChI is InChI=1S/C18H29/c1-3-5-7-9-11-17-13-15-18(16-14-17)12-10-8-6-4-2/h13-15H,3-12H2,1-2H3. The van der Waals surface area contributed by atoms with Crippen LogP contribution in [0.4, 0.5) is 0 Å². The van der Waals surface area contributed by atoms with Crippen LogP contribution in [0.25, 0.3) is 0 Å². The van der Waals surface area contributed by atoms with E-state index >= 15 is 0 Å². The Morgan fingerprint density at radius 3 is 2.00 bits per heavy atom. The van der Waals surface area contributed by atoms with Gasteiger partial charge in [0.25, 0.3) is 0 Å². The Kier molecular flexibility index (Phi) is 8.63. The average molecular weight is 245 g/mol. The fourth-order valence-electron chi connectivity index (χ4n) is 2.30. The molecule has 1 rings (SSSR count). The third kappa shape index (κ3) is 6.83. The molecule has 1 aromatic rings. The third-order valence-corrected chi connectivity index (χ3v) is 3.56. The van der Waals surface area contributed by atoms with E-state index in [1.807, 2.05) is 0 Å². The summed E-state index contributed by atoms with van der Waals surface area (Å²) >= 11 is 0. The van der Waals surface area contributed by atoms with Crippen LogP contribution in [0, 0.1) is 6.07 Å². The van der Waals surface area contributed by atoms with Crippen LogP contribution in [-0.2, 0) is 12.8 Å². The van der Waals surface area contributed by atoms with Gasteiger partial charge >= 0.3 is 0 Å². The van der Waals surface area contributed by atoms with Crippen molar-refractivity contribution < 1.29 is 0 Å². The second-order valence-corrected chi connectivity index (χ2v) is 5.34. The monoisotopic (exact) mass is 245 g/mol. The molecular weight excluding hydrogens is 216 g/mol. The average Bonchev–Trinajstić information content (AvgIpc) is 2.41. The molecule has 0 amide bonds. The molecule has 0 saturated heterocycles. The maximum atomic E-state index is 3.45. The Hall–Kier alpha value is -0.780. The number of benzene rings is 1. The molecule has 0 atom stereocenters.